The molecule has 0 spiro atoms. The molecule has 4 heteroatoms. The molecule has 0 unspecified atom stereocenters. The fourth-order valence-electron chi connectivity index (χ4n) is 1.70. The van der Waals surface area contributed by atoms with Gasteiger partial charge < -0.3 is 14.8 Å². The largest absolute Gasteiger partial charge is 0.493 e. The second kappa shape index (κ2) is 8.50. The average Bonchev–Trinajstić information content (AvgIpc) is 2.35. The standard InChI is InChI=1S/C16H26ClNO2/c1-16(2,3)8-10-20-15-7-5-6-14(17)13(15)12-18-9-11-19-4/h5-7,18H,8-12H2,1-4H3. The topological polar surface area (TPSA) is 30.5 Å². The summed E-state index contributed by atoms with van der Waals surface area (Å²) >= 11 is 6.26. The van der Waals surface area contributed by atoms with Crippen molar-refractivity contribution in [3.8, 4) is 5.75 Å². The van der Waals surface area contributed by atoms with Crippen molar-refractivity contribution >= 4 is 11.6 Å². The average molecular weight is 300 g/mol. The quantitative estimate of drug-likeness (QED) is 0.739. The zero-order valence-electron chi connectivity index (χ0n) is 13.0. The molecule has 0 aliphatic rings. The smallest absolute Gasteiger partial charge is 0.125 e. The minimum Gasteiger partial charge on any atom is -0.493 e. The molecular formula is C16H26ClNO2. The molecule has 0 aliphatic heterocycles. The molecule has 3 nitrogen and oxygen atoms in total. The summed E-state index contributed by atoms with van der Waals surface area (Å²) in [6.07, 6.45) is 1.01. The molecule has 0 fully saturated rings. The van der Waals surface area contributed by atoms with E-state index in [-0.39, 0.29) is 5.41 Å². The van der Waals surface area contributed by atoms with E-state index in [0.29, 0.717) is 19.8 Å². The number of rotatable bonds is 8. The van der Waals surface area contributed by atoms with Gasteiger partial charge in [-0.15, -0.1) is 0 Å². The molecular weight excluding hydrogens is 274 g/mol. The minimum atomic E-state index is 0.273. The third kappa shape index (κ3) is 6.60. The van der Waals surface area contributed by atoms with Gasteiger partial charge in [0.2, 0.25) is 0 Å². The van der Waals surface area contributed by atoms with Crippen molar-refractivity contribution in [2.75, 3.05) is 26.9 Å². The van der Waals surface area contributed by atoms with Crippen LogP contribution in [0.25, 0.3) is 0 Å². The number of nitrogens with one attached hydrogen (secondary N) is 1. The van der Waals surface area contributed by atoms with E-state index in [1.54, 1.807) is 7.11 Å². The van der Waals surface area contributed by atoms with Gasteiger partial charge in [-0.3, -0.25) is 0 Å². The fraction of sp³-hybridized carbons (Fsp3) is 0.625. The number of benzene rings is 1. The Morgan fingerprint density at radius 2 is 1.95 bits per heavy atom. The van der Waals surface area contributed by atoms with Crippen LogP contribution in [0.3, 0.4) is 0 Å². The zero-order valence-corrected chi connectivity index (χ0v) is 13.7. The predicted molar refractivity (Wildman–Crippen MR) is 84.6 cm³/mol. The highest BCUT2D eigenvalue weighted by molar-refractivity contribution is 6.31. The maximum atomic E-state index is 6.26. The maximum absolute atomic E-state index is 6.26. The highest BCUT2D eigenvalue weighted by atomic mass is 35.5. The number of hydrogen-bond acceptors (Lipinski definition) is 3. The number of methoxy groups -OCH3 is 1. The monoisotopic (exact) mass is 299 g/mol. The van der Waals surface area contributed by atoms with Gasteiger partial charge in [0.05, 0.1) is 13.2 Å². The Morgan fingerprint density at radius 1 is 1.20 bits per heavy atom. The molecule has 1 aromatic rings. The van der Waals surface area contributed by atoms with Crippen LogP contribution in [0.4, 0.5) is 0 Å². The molecule has 0 radical (unpaired) electrons. The van der Waals surface area contributed by atoms with E-state index in [2.05, 4.69) is 26.1 Å². The molecule has 0 aromatic heterocycles. The van der Waals surface area contributed by atoms with Gasteiger partial charge in [-0.05, 0) is 24.0 Å². The summed E-state index contributed by atoms with van der Waals surface area (Å²) in [5, 5.41) is 4.04. The Balaban J connectivity index is 2.58. The number of hydrogen-bond donors (Lipinski definition) is 1. The molecule has 20 heavy (non-hydrogen) atoms. The summed E-state index contributed by atoms with van der Waals surface area (Å²) in [5.74, 6) is 0.867. The van der Waals surface area contributed by atoms with Gasteiger partial charge in [-0.1, -0.05) is 38.4 Å². The molecule has 1 N–H and O–H groups in total. The molecule has 0 aliphatic carbocycles. The lowest BCUT2D eigenvalue weighted by Crippen LogP contribution is -2.19. The summed E-state index contributed by atoms with van der Waals surface area (Å²) in [7, 11) is 1.69. The van der Waals surface area contributed by atoms with E-state index in [1.807, 2.05) is 18.2 Å². The van der Waals surface area contributed by atoms with E-state index in [0.717, 1.165) is 29.3 Å². The molecule has 0 saturated carbocycles. The summed E-state index contributed by atoms with van der Waals surface area (Å²) in [5.41, 5.74) is 1.29. The second-order valence-corrected chi connectivity index (χ2v) is 6.45. The van der Waals surface area contributed by atoms with E-state index in [4.69, 9.17) is 21.1 Å². The summed E-state index contributed by atoms with van der Waals surface area (Å²) in [6.45, 7) is 9.50. The van der Waals surface area contributed by atoms with Crippen LogP contribution in [0.2, 0.25) is 5.02 Å². The molecule has 0 heterocycles. The highest BCUT2D eigenvalue weighted by Crippen LogP contribution is 2.27. The molecule has 1 aromatic carbocycles. The Bertz CT molecular complexity index is 402. The van der Waals surface area contributed by atoms with Crippen LogP contribution in [0.15, 0.2) is 18.2 Å². The molecule has 0 atom stereocenters. The Kier molecular flexibility index (Phi) is 7.35. The van der Waals surface area contributed by atoms with Gasteiger partial charge in [-0.2, -0.15) is 0 Å². The van der Waals surface area contributed by atoms with E-state index >= 15 is 0 Å². The van der Waals surface area contributed by atoms with Gasteiger partial charge in [0, 0.05) is 30.8 Å². The van der Waals surface area contributed by atoms with Crippen LogP contribution < -0.4 is 10.1 Å². The predicted octanol–water partition coefficient (Wildman–Crippen LogP) is 3.89. The Hall–Kier alpha value is -0.770. The number of halogens is 1. The van der Waals surface area contributed by atoms with Gasteiger partial charge in [0.15, 0.2) is 0 Å². The van der Waals surface area contributed by atoms with Crippen LogP contribution >= 0.6 is 11.6 Å². The van der Waals surface area contributed by atoms with Gasteiger partial charge in [0.1, 0.15) is 5.75 Å². The molecule has 114 valence electrons. The van der Waals surface area contributed by atoms with Crippen molar-refractivity contribution in [2.45, 2.75) is 33.7 Å². The van der Waals surface area contributed by atoms with Gasteiger partial charge in [0.25, 0.3) is 0 Å². The first-order valence-electron chi connectivity index (χ1n) is 7.04. The van der Waals surface area contributed by atoms with Crippen molar-refractivity contribution in [3.63, 3.8) is 0 Å². The lowest BCUT2D eigenvalue weighted by molar-refractivity contribution is 0.198. The van der Waals surface area contributed by atoms with E-state index in [1.165, 1.54) is 0 Å². The second-order valence-electron chi connectivity index (χ2n) is 6.05. The molecule has 0 saturated heterocycles. The van der Waals surface area contributed by atoms with Crippen LogP contribution in [-0.2, 0) is 11.3 Å². The van der Waals surface area contributed by atoms with Crippen molar-refractivity contribution in [3.05, 3.63) is 28.8 Å². The van der Waals surface area contributed by atoms with Crippen LogP contribution in [-0.4, -0.2) is 26.9 Å². The van der Waals surface area contributed by atoms with Crippen LogP contribution in [0.1, 0.15) is 32.8 Å². The first kappa shape index (κ1) is 17.3. The molecule has 0 amide bonds. The van der Waals surface area contributed by atoms with E-state index < -0.39 is 0 Å². The SMILES string of the molecule is COCCNCc1c(Cl)cccc1OCCC(C)(C)C. The molecule has 1 rings (SSSR count). The normalized spacial score (nSPS) is 11.7. The van der Waals surface area contributed by atoms with Crippen LogP contribution in [0.5, 0.6) is 5.75 Å². The van der Waals surface area contributed by atoms with Gasteiger partial charge in [-0.25, -0.2) is 0 Å². The zero-order chi connectivity index (χ0) is 15.0. The number of ether oxygens (including phenoxy) is 2. The highest BCUT2D eigenvalue weighted by Gasteiger charge is 2.12. The van der Waals surface area contributed by atoms with Crippen molar-refractivity contribution in [1.82, 2.24) is 5.32 Å². The maximum Gasteiger partial charge on any atom is 0.125 e. The minimum absolute atomic E-state index is 0.273. The third-order valence-corrected chi connectivity index (χ3v) is 3.32. The lowest BCUT2D eigenvalue weighted by Gasteiger charge is -2.19. The summed E-state index contributed by atoms with van der Waals surface area (Å²) < 4.78 is 10.9. The summed E-state index contributed by atoms with van der Waals surface area (Å²) in [6, 6.07) is 5.79. The van der Waals surface area contributed by atoms with Gasteiger partial charge >= 0.3 is 0 Å². The van der Waals surface area contributed by atoms with Crippen molar-refractivity contribution in [1.29, 1.82) is 0 Å². The van der Waals surface area contributed by atoms with Crippen molar-refractivity contribution < 1.29 is 9.47 Å². The van der Waals surface area contributed by atoms with Crippen molar-refractivity contribution in [2.24, 2.45) is 5.41 Å². The Morgan fingerprint density at radius 3 is 2.60 bits per heavy atom. The third-order valence-electron chi connectivity index (χ3n) is 2.97. The Labute approximate surface area is 127 Å². The fourth-order valence-corrected chi connectivity index (χ4v) is 1.93. The first-order valence-corrected chi connectivity index (χ1v) is 7.41. The lowest BCUT2D eigenvalue weighted by atomic mass is 9.93. The van der Waals surface area contributed by atoms with Crippen LogP contribution in [0, 0.1) is 5.41 Å². The first-order chi connectivity index (χ1) is 9.44. The molecule has 0 bridgehead atoms. The van der Waals surface area contributed by atoms with E-state index in [9.17, 15) is 0 Å². The summed E-state index contributed by atoms with van der Waals surface area (Å²) in [4.78, 5) is 0.